The number of ether oxygens (including phenoxy) is 1. The van der Waals surface area contributed by atoms with Crippen LogP contribution < -0.4 is 9.64 Å². The number of imidazole rings is 1. The Labute approximate surface area is 234 Å². The first-order chi connectivity index (χ1) is 19.4. The summed E-state index contributed by atoms with van der Waals surface area (Å²) in [5.74, 6) is 2.59. The summed E-state index contributed by atoms with van der Waals surface area (Å²) in [5, 5.41) is 0. The second-order valence-electron chi connectivity index (χ2n) is 11.2. The summed E-state index contributed by atoms with van der Waals surface area (Å²) in [6.07, 6.45) is 1.81. The fourth-order valence-electron chi connectivity index (χ4n) is 5.38. The fraction of sp³-hybridized carbons (Fsp3) is 0.143. The molecule has 3 heterocycles. The molecule has 1 aliphatic heterocycles. The Morgan fingerprint density at radius 3 is 2.42 bits per heavy atom. The molecule has 0 bridgehead atoms. The van der Waals surface area contributed by atoms with E-state index in [2.05, 4.69) is 102 Å². The van der Waals surface area contributed by atoms with Crippen molar-refractivity contribution in [1.29, 1.82) is 0 Å². The van der Waals surface area contributed by atoms with Gasteiger partial charge in [-0.15, -0.1) is 0 Å². The molecule has 0 saturated carbocycles. The third-order valence-corrected chi connectivity index (χ3v) is 7.47. The SMILES string of the molecule is CC(C)(C)c1cc(Oc2cccc(-c3ccccn3)c2)cc(N2Cn3c(nc4ccccc43)-c3ccccc32)c1. The zero-order valence-electron chi connectivity index (χ0n) is 22.9. The molecular formula is C35H30N4O. The van der Waals surface area contributed by atoms with Gasteiger partial charge >= 0.3 is 0 Å². The largest absolute Gasteiger partial charge is 0.457 e. The van der Waals surface area contributed by atoms with Crippen molar-refractivity contribution in [2.24, 2.45) is 0 Å². The van der Waals surface area contributed by atoms with E-state index in [4.69, 9.17) is 9.72 Å². The number of nitrogens with zero attached hydrogens (tertiary/aromatic N) is 4. The lowest BCUT2D eigenvalue weighted by Gasteiger charge is -2.33. The van der Waals surface area contributed by atoms with Gasteiger partial charge in [0, 0.05) is 29.1 Å². The Kier molecular flexibility index (Phi) is 5.67. The van der Waals surface area contributed by atoms with Crippen molar-refractivity contribution in [1.82, 2.24) is 14.5 Å². The highest BCUT2D eigenvalue weighted by atomic mass is 16.5. The number of rotatable bonds is 4. The summed E-state index contributed by atoms with van der Waals surface area (Å²) in [7, 11) is 0. The summed E-state index contributed by atoms with van der Waals surface area (Å²) >= 11 is 0. The zero-order valence-corrected chi connectivity index (χ0v) is 22.9. The highest BCUT2D eigenvalue weighted by Crippen LogP contribution is 2.43. The van der Waals surface area contributed by atoms with Gasteiger partial charge in [0.2, 0.25) is 0 Å². The standard InChI is InChI=1S/C35H30N4O/c1-35(2,3)25-20-26(22-28(21-25)40-27-12-10-11-24(19-27)30-14-8-9-18-36-30)38-23-39-33-17-7-5-15-31(33)37-34(39)29-13-4-6-16-32(29)38/h4-22H,23H2,1-3H3. The van der Waals surface area contributed by atoms with E-state index in [0.29, 0.717) is 6.67 Å². The second kappa shape index (κ2) is 9.38. The molecule has 0 aliphatic carbocycles. The van der Waals surface area contributed by atoms with E-state index >= 15 is 0 Å². The molecule has 0 atom stereocenters. The Balaban J connectivity index is 1.33. The van der Waals surface area contributed by atoms with E-state index in [1.165, 1.54) is 5.56 Å². The van der Waals surface area contributed by atoms with Crippen LogP contribution in [0.3, 0.4) is 0 Å². The Morgan fingerprint density at radius 2 is 1.57 bits per heavy atom. The maximum absolute atomic E-state index is 6.55. The smallest absolute Gasteiger partial charge is 0.144 e. The summed E-state index contributed by atoms with van der Waals surface area (Å²) < 4.78 is 8.85. The maximum atomic E-state index is 6.55. The highest BCUT2D eigenvalue weighted by Gasteiger charge is 2.27. The van der Waals surface area contributed by atoms with Gasteiger partial charge in [-0.05, 0) is 71.6 Å². The first-order valence-corrected chi connectivity index (χ1v) is 13.6. The number of hydrogen-bond donors (Lipinski definition) is 0. The monoisotopic (exact) mass is 522 g/mol. The first kappa shape index (κ1) is 24.2. The topological polar surface area (TPSA) is 43.2 Å². The minimum Gasteiger partial charge on any atom is -0.457 e. The molecular weight excluding hydrogens is 492 g/mol. The van der Waals surface area contributed by atoms with Crippen molar-refractivity contribution in [3.05, 3.63) is 121 Å². The molecule has 196 valence electrons. The average Bonchev–Trinajstić information content (AvgIpc) is 3.36. The van der Waals surface area contributed by atoms with Gasteiger partial charge < -0.3 is 14.2 Å². The first-order valence-electron chi connectivity index (χ1n) is 13.6. The number of benzene rings is 4. The molecule has 40 heavy (non-hydrogen) atoms. The van der Waals surface area contributed by atoms with Crippen molar-refractivity contribution in [2.75, 3.05) is 4.90 Å². The number of aromatic nitrogens is 3. The molecule has 0 radical (unpaired) electrons. The van der Waals surface area contributed by atoms with Crippen LogP contribution in [-0.4, -0.2) is 14.5 Å². The third-order valence-electron chi connectivity index (χ3n) is 7.47. The van der Waals surface area contributed by atoms with E-state index < -0.39 is 0 Å². The highest BCUT2D eigenvalue weighted by molar-refractivity contribution is 5.88. The van der Waals surface area contributed by atoms with E-state index in [1.807, 2.05) is 48.7 Å². The molecule has 0 N–H and O–H groups in total. The molecule has 0 spiro atoms. The predicted molar refractivity (Wildman–Crippen MR) is 162 cm³/mol. The third kappa shape index (κ3) is 4.30. The lowest BCUT2D eigenvalue weighted by molar-refractivity contribution is 0.478. The Hall–Kier alpha value is -4.90. The number of anilines is 2. The molecule has 2 aromatic heterocycles. The summed E-state index contributed by atoms with van der Waals surface area (Å²) in [6.45, 7) is 7.38. The van der Waals surface area contributed by atoms with E-state index in [0.717, 1.165) is 56.6 Å². The molecule has 0 fully saturated rings. The molecule has 1 aliphatic rings. The lowest BCUT2D eigenvalue weighted by atomic mass is 9.86. The number of para-hydroxylation sites is 3. The molecule has 4 aromatic carbocycles. The molecule has 0 amide bonds. The van der Waals surface area contributed by atoms with Gasteiger partial charge in [0.1, 0.15) is 24.0 Å². The molecule has 5 heteroatoms. The average molecular weight is 523 g/mol. The van der Waals surface area contributed by atoms with Crippen LogP contribution in [0, 0.1) is 0 Å². The van der Waals surface area contributed by atoms with Crippen LogP contribution in [-0.2, 0) is 12.1 Å². The van der Waals surface area contributed by atoms with E-state index in [1.54, 1.807) is 0 Å². The van der Waals surface area contributed by atoms with Crippen molar-refractivity contribution in [2.45, 2.75) is 32.9 Å². The van der Waals surface area contributed by atoms with Crippen LogP contribution in [0.2, 0.25) is 0 Å². The van der Waals surface area contributed by atoms with Crippen LogP contribution in [0.25, 0.3) is 33.7 Å². The molecule has 7 rings (SSSR count). The number of pyridine rings is 1. The summed E-state index contributed by atoms with van der Waals surface area (Å²) in [4.78, 5) is 11.9. The van der Waals surface area contributed by atoms with Gasteiger partial charge in [-0.1, -0.05) is 63.2 Å². The summed E-state index contributed by atoms with van der Waals surface area (Å²) in [6, 6.07) is 37.5. The van der Waals surface area contributed by atoms with Crippen LogP contribution in [0.5, 0.6) is 11.5 Å². The van der Waals surface area contributed by atoms with Gasteiger partial charge in [-0.3, -0.25) is 4.98 Å². The maximum Gasteiger partial charge on any atom is 0.144 e. The number of hydrogen-bond acceptors (Lipinski definition) is 4. The van der Waals surface area contributed by atoms with Gasteiger partial charge in [0.25, 0.3) is 0 Å². The Morgan fingerprint density at radius 1 is 0.750 bits per heavy atom. The van der Waals surface area contributed by atoms with Gasteiger partial charge in [-0.25, -0.2) is 4.98 Å². The van der Waals surface area contributed by atoms with Crippen molar-refractivity contribution < 1.29 is 4.74 Å². The quantitative estimate of drug-likeness (QED) is 0.232. The molecule has 0 saturated heterocycles. The normalized spacial score (nSPS) is 12.7. The second-order valence-corrected chi connectivity index (χ2v) is 11.2. The lowest BCUT2D eigenvalue weighted by Crippen LogP contribution is -2.26. The predicted octanol–water partition coefficient (Wildman–Crippen LogP) is 8.96. The van der Waals surface area contributed by atoms with Gasteiger partial charge in [0.15, 0.2) is 0 Å². The van der Waals surface area contributed by atoms with Gasteiger partial charge in [0.05, 0.1) is 22.4 Å². The van der Waals surface area contributed by atoms with Crippen LogP contribution in [0.15, 0.2) is 115 Å². The molecule has 0 unspecified atom stereocenters. The molecule has 5 nitrogen and oxygen atoms in total. The zero-order chi connectivity index (χ0) is 27.3. The van der Waals surface area contributed by atoms with Crippen LogP contribution in [0.4, 0.5) is 11.4 Å². The van der Waals surface area contributed by atoms with Crippen LogP contribution in [0.1, 0.15) is 26.3 Å². The Bertz CT molecular complexity index is 1850. The van der Waals surface area contributed by atoms with Crippen molar-refractivity contribution >= 4 is 22.4 Å². The fourth-order valence-corrected chi connectivity index (χ4v) is 5.38. The van der Waals surface area contributed by atoms with Crippen molar-refractivity contribution in [3.63, 3.8) is 0 Å². The number of fused-ring (bicyclic) bond motifs is 5. The van der Waals surface area contributed by atoms with E-state index in [9.17, 15) is 0 Å². The summed E-state index contributed by atoms with van der Waals surface area (Å²) in [5.41, 5.74) is 8.57. The van der Waals surface area contributed by atoms with Crippen LogP contribution >= 0.6 is 0 Å². The molecule has 6 aromatic rings. The van der Waals surface area contributed by atoms with Crippen molar-refractivity contribution in [3.8, 4) is 34.1 Å². The minimum absolute atomic E-state index is 0.0634. The van der Waals surface area contributed by atoms with Gasteiger partial charge in [-0.2, -0.15) is 0 Å². The van der Waals surface area contributed by atoms with E-state index in [-0.39, 0.29) is 5.41 Å². The minimum atomic E-state index is -0.0634.